The zero-order valence-electron chi connectivity index (χ0n) is 11.4. The van der Waals surface area contributed by atoms with Crippen LogP contribution in [0.3, 0.4) is 0 Å². The molecule has 0 amide bonds. The summed E-state index contributed by atoms with van der Waals surface area (Å²) in [5, 5.41) is 9.35. The van der Waals surface area contributed by atoms with Crippen molar-refractivity contribution in [3.8, 4) is 0 Å². The molecule has 4 heteroatoms. The molecule has 1 aromatic carbocycles. The zero-order chi connectivity index (χ0) is 14.0. The maximum Gasteiger partial charge on any atom is 0.310 e. The Hall–Kier alpha value is -1.42. The van der Waals surface area contributed by atoms with E-state index in [1.54, 1.807) is 13.0 Å². The van der Waals surface area contributed by atoms with E-state index in [2.05, 4.69) is 4.90 Å². The number of rotatable bonds is 4. The standard InChI is InChI=1S/C15H20FNO2/c1-3-15(14(18)19)6-7-17(10-15)9-12-4-5-13(16)11(2)8-12/h4-5,8H,3,6-7,9-10H2,1-2H3,(H,18,19). The molecule has 1 heterocycles. The summed E-state index contributed by atoms with van der Waals surface area (Å²) in [6.07, 6.45) is 1.35. The van der Waals surface area contributed by atoms with Crippen LogP contribution in [0.25, 0.3) is 0 Å². The third-order valence-electron chi connectivity index (χ3n) is 4.19. The normalized spacial score (nSPS) is 23.7. The van der Waals surface area contributed by atoms with Gasteiger partial charge >= 0.3 is 5.97 Å². The number of carboxylic acids is 1. The lowest BCUT2D eigenvalue weighted by molar-refractivity contribution is -0.148. The van der Waals surface area contributed by atoms with Crippen molar-refractivity contribution in [3.63, 3.8) is 0 Å². The van der Waals surface area contributed by atoms with Crippen molar-refractivity contribution < 1.29 is 14.3 Å². The van der Waals surface area contributed by atoms with Gasteiger partial charge in [-0.05, 0) is 43.5 Å². The lowest BCUT2D eigenvalue weighted by Crippen LogP contribution is -2.33. The summed E-state index contributed by atoms with van der Waals surface area (Å²) in [4.78, 5) is 13.5. The number of likely N-dealkylation sites (tertiary alicyclic amines) is 1. The average Bonchev–Trinajstić information content (AvgIpc) is 2.79. The topological polar surface area (TPSA) is 40.5 Å². The number of hydrogen-bond acceptors (Lipinski definition) is 2. The third-order valence-corrected chi connectivity index (χ3v) is 4.19. The smallest absolute Gasteiger partial charge is 0.310 e. The van der Waals surface area contributed by atoms with Gasteiger partial charge in [-0.1, -0.05) is 19.1 Å². The molecule has 3 nitrogen and oxygen atoms in total. The predicted octanol–water partition coefficient (Wildman–Crippen LogP) is 2.82. The minimum absolute atomic E-state index is 0.196. The van der Waals surface area contributed by atoms with E-state index in [0.29, 0.717) is 31.5 Å². The van der Waals surface area contributed by atoms with E-state index in [4.69, 9.17) is 0 Å². The highest BCUT2D eigenvalue weighted by atomic mass is 19.1. The molecular formula is C15H20FNO2. The van der Waals surface area contributed by atoms with Gasteiger partial charge in [-0.15, -0.1) is 0 Å². The fourth-order valence-corrected chi connectivity index (χ4v) is 2.77. The molecule has 1 atom stereocenters. The van der Waals surface area contributed by atoms with Crippen molar-refractivity contribution in [1.29, 1.82) is 0 Å². The Kier molecular flexibility index (Phi) is 3.90. The van der Waals surface area contributed by atoms with Gasteiger partial charge in [-0.3, -0.25) is 9.69 Å². The molecule has 0 aromatic heterocycles. The summed E-state index contributed by atoms with van der Waals surface area (Å²) in [5.41, 5.74) is 1.07. The molecular weight excluding hydrogens is 245 g/mol. The largest absolute Gasteiger partial charge is 0.481 e. The Morgan fingerprint density at radius 2 is 2.26 bits per heavy atom. The van der Waals surface area contributed by atoms with Crippen LogP contribution in [0.1, 0.15) is 30.9 Å². The molecule has 1 aliphatic heterocycles. The number of carboxylic acid groups (broad SMARTS) is 1. The van der Waals surface area contributed by atoms with E-state index in [1.807, 2.05) is 13.0 Å². The van der Waals surface area contributed by atoms with Gasteiger partial charge < -0.3 is 5.11 Å². The molecule has 1 fully saturated rings. The van der Waals surface area contributed by atoms with E-state index in [9.17, 15) is 14.3 Å². The lowest BCUT2D eigenvalue weighted by atomic mass is 9.84. The molecule has 104 valence electrons. The highest BCUT2D eigenvalue weighted by molar-refractivity contribution is 5.75. The number of nitrogens with zero attached hydrogens (tertiary/aromatic N) is 1. The van der Waals surface area contributed by atoms with Crippen LogP contribution in [-0.2, 0) is 11.3 Å². The number of halogens is 1. The summed E-state index contributed by atoms with van der Waals surface area (Å²) >= 11 is 0. The van der Waals surface area contributed by atoms with Crippen molar-refractivity contribution >= 4 is 5.97 Å². The monoisotopic (exact) mass is 265 g/mol. The van der Waals surface area contributed by atoms with E-state index in [0.717, 1.165) is 12.1 Å². The second-order valence-electron chi connectivity index (χ2n) is 5.48. The fraction of sp³-hybridized carbons (Fsp3) is 0.533. The molecule has 1 N–H and O–H groups in total. The van der Waals surface area contributed by atoms with E-state index in [-0.39, 0.29) is 5.82 Å². The molecule has 0 bridgehead atoms. The van der Waals surface area contributed by atoms with Gasteiger partial charge in [-0.25, -0.2) is 4.39 Å². The highest BCUT2D eigenvalue weighted by Crippen LogP contribution is 2.34. The third kappa shape index (κ3) is 2.78. The quantitative estimate of drug-likeness (QED) is 0.910. The summed E-state index contributed by atoms with van der Waals surface area (Å²) in [6.45, 7) is 5.73. The number of carbonyl (C=O) groups is 1. The van der Waals surface area contributed by atoms with Crippen LogP contribution >= 0.6 is 0 Å². The first-order valence-electron chi connectivity index (χ1n) is 6.67. The first-order chi connectivity index (χ1) is 8.97. The SMILES string of the molecule is CCC1(C(=O)O)CCN(Cc2ccc(F)c(C)c2)C1. The van der Waals surface area contributed by atoms with Crippen molar-refractivity contribution in [2.45, 2.75) is 33.2 Å². The van der Waals surface area contributed by atoms with Gasteiger partial charge in [0.15, 0.2) is 0 Å². The highest BCUT2D eigenvalue weighted by Gasteiger charge is 2.42. The summed E-state index contributed by atoms with van der Waals surface area (Å²) in [6, 6.07) is 5.09. The first kappa shape index (κ1) is 14.0. The maximum atomic E-state index is 13.2. The van der Waals surface area contributed by atoms with Crippen molar-refractivity contribution in [1.82, 2.24) is 4.90 Å². The minimum atomic E-state index is -0.701. The van der Waals surface area contributed by atoms with Gasteiger partial charge in [0.25, 0.3) is 0 Å². The Bertz CT molecular complexity index is 489. The van der Waals surface area contributed by atoms with Crippen LogP contribution < -0.4 is 0 Å². The zero-order valence-corrected chi connectivity index (χ0v) is 11.4. The van der Waals surface area contributed by atoms with Crippen molar-refractivity contribution in [3.05, 3.63) is 35.1 Å². The average molecular weight is 265 g/mol. The molecule has 0 spiro atoms. The van der Waals surface area contributed by atoms with Crippen LogP contribution in [0.2, 0.25) is 0 Å². The number of aryl methyl sites for hydroxylation is 1. The molecule has 1 saturated heterocycles. The second kappa shape index (κ2) is 5.29. The maximum absolute atomic E-state index is 13.2. The molecule has 1 aromatic rings. The Morgan fingerprint density at radius 1 is 1.53 bits per heavy atom. The molecule has 0 saturated carbocycles. The molecule has 1 aliphatic rings. The van der Waals surface area contributed by atoms with Crippen LogP contribution in [0.4, 0.5) is 4.39 Å². The van der Waals surface area contributed by atoms with Gasteiger partial charge in [0.05, 0.1) is 5.41 Å². The second-order valence-corrected chi connectivity index (χ2v) is 5.48. The number of benzene rings is 1. The molecule has 0 radical (unpaired) electrons. The summed E-state index contributed by atoms with van der Waals surface area (Å²) < 4.78 is 13.2. The van der Waals surface area contributed by atoms with Crippen LogP contribution in [0.15, 0.2) is 18.2 Å². The first-order valence-corrected chi connectivity index (χ1v) is 6.67. The minimum Gasteiger partial charge on any atom is -0.481 e. The Morgan fingerprint density at radius 3 is 2.79 bits per heavy atom. The predicted molar refractivity (Wildman–Crippen MR) is 71.4 cm³/mol. The molecule has 1 unspecified atom stereocenters. The van der Waals surface area contributed by atoms with Crippen LogP contribution in [-0.4, -0.2) is 29.1 Å². The fourth-order valence-electron chi connectivity index (χ4n) is 2.77. The van der Waals surface area contributed by atoms with E-state index in [1.165, 1.54) is 6.07 Å². The molecule has 2 rings (SSSR count). The Balaban J connectivity index is 2.05. The van der Waals surface area contributed by atoms with Gasteiger partial charge in [0.1, 0.15) is 5.82 Å². The number of aliphatic carboxylic acids is 1. The van der Waals surface area contributed by atoms with Gasteiger partial charge in [0, 0.05) is 13.1 Å². The molecule has 0 aliphatic carbocycles. The Labute approximate surface area is 113 Å². The van der Waals surface area contributed by atoms with Crippen molar-refractivity contribution in [2.75, 3.05) is 13.1 Å². The summed E-state index contributed by atoms with van der Waals surface area (Å²) in [7, 11) is 0. The van der Waals surface area contributed by atoms with Crippen molar-refractivity contribution in [2.24, 2.45) is 5.41 Å². The lowest BCUT2D eigenvalue weighted by Gasteiger charge is -2.23. The van der Waals surface area contributed by atoms with Crippen LogP contribution in [0, 0.1) is 18.2 Å². The summed E-state index contributed by atoms with van der Waals surface area (Å²) in [5.74, 6) is -0.897. The molecule has 19 heavy (non-hydrogen) atoms. The van der Waals surface area contributed by atoms with Gasteiger partial charge in [0.2, 0.25) is 0 Å². The van der Waals surface area contributed by atoms with Crippen LogP contribution in [0.5, 0.6) is 0 Å². The number of hydrogen-bond donors (Lipinski definition) is 1. The van der Waals surface area contributed by atoms with E-state index >= 15 is 0 Å². The van der Waals surface area contributed by atoms with Gasteiger partial charge in [-0.2, -0.15) is 0 Å². The van der Waals surface area contributed by atoms with E-state index < -0.39 is 11.4 Å².